The molecule has 2 N–H and O–H groups in total. The molecule has 0 aliphatic carbocycles. The van der Waals surface area contributed by atoms with Gasteiger partial charge < -0.3 is 15.4 Å². The van der Waals surface area contributed by atoms with Gasteiger partial charge in [0, 0.05) is 19.0 Å². The lowest BCUT2D eigenvalue weighted by molar-refractivity contribution is -0.123. The van der Waals surface area contributed by atoms with Crippen molar-refractivity contribution in [2.45, 2.75) is 13.3 Å². The number of ether oxygens (including phenoxy) is 1. The predicted molar refractivity (Wildman–Crippen MR) is 67.2 cm³/mol. The van der Waals surface area contributed by atoms with E-state index < -0.39 is 17.6 Å². The fourth-order valence-electron chi connectivity index (χ4n) is 2.09. The lowest BCUT2D eigenvalue weighted by Crippen LogP contribution is -2.28. The summed E-state index contributed by atoms with van der Waals surface area (Å²) < 4.78 is 19.1. The quantitative estimate of drug-likeness (QED) is 0.885. The van der Waals surface area contributed by atoms with Gasteiger partial charge in [0.1, 0.15) is 5.75 Å². The number of rotatable bonds is 4. The van der Waals surface area contributed by atoms with E-state index in [1.165, 1.54) is 17.0 Å². The highest BCUT2D eigenvalue weighted by atomic mass is 19.1. The highest BCUT2D eigenvalue weighted by Crippen LogP contribution is 2.29. The zero-order valence-electron chi connectivity index (χ0n) is 10.6. The molecule has 1 atom stereocenters. The SMILES string of the molecule is CCOc1ccc(N2CC(C(N)=O)CC2=O)c(F)c1. The van der Waals surface area contributed by atoms with E-state index in [2.05, 4.69) is 0 Å². The van der Waals surface area contributed by atoms with E-state index in [1.54, 1.807) is 13.0 Å². The molecule has 19 heavy (non-hydrogen) atoms. The Balaban J connectivity index is 2.23. The molecule has 6 heteroatoms. The molecule has 1 aromatic rings. The average molecular weight is 266 g/mol. The maximum atomic E-state index is 13.9. The Hall–Kier alpha value is -2.11. The minimum atomic E-state index is -0.557. The van der Waals surface area contributed by atoms with Crippen molar-refractivity contribution in [2.75, 3.05) is 18.1 Å². The van der Waals surface area contributed by atoms with Gasteiger partial charge in [-0.25, -0.2) is 4.39 Å². The van der Waals surface area contributed by atoms with Crippen LogP contribution >= 0.6 is 0 Å². The summed E-state index contributed by atoms with van der Waals surface area (Å²) >= 11 is 0. The van der Waals surface area contributed by atoms with Gasteiger partial charge in [-0.15, -0.1) is 0 Å². The first kappa shape index (κ1) is 13.3. The molecule has 1 heterocycles. The number of nitrogens with zero attached hydrogens (tertiary/aromatic N) is 1. The van der Waals surface area contributed by atoms with Crippen molar-refractivity contribution in [2.24, 2.45) is 11.7 Å². The molecule has 1 unspecified atom stereocenters. The largest absolute Gasteiger partial charge is 0.494 e. The molecule has 0 saturated carbocycles. The van der Waals surface area contributed by atoms with Crippen molar-refractivity contribution in [1.29, 1.82) is 0 Å². The second-order valence-corrected chi connectivity index (χ2v) is 4.35. The van der Waals surface area contributed by atoms with Crippen LogP contribution in [0.2, 0.25) is 0 Å². The smallest absolute Gasteiger partial charge is 0.227 e. The Morgan fingerprint density at radius 1 is 1.58 bits per heavy atom. The van der Waals surface area contributed by atoms with Gasteiger partial charge in [-0.05, 0) is 19.1 Å². The molecular formula is C13H15FN2O3. The van der Waals surface area contributed by atoms with Gasteiger partial charge in [0.15, 0.2) is 5.82 Å². The van der Waals surface area contributed by atoms with Crippen molar-refractivity contribution >= 4 is 17.5 Å². The first-order valence-corrected chi connectivity index (χ1v) is 6.05. The number of hydrogen-bond donors (Lipinski definition) is 1. The van der Waals surface area contributed by atoms with Crippen LogP contribution in [-0.2, 0) is 9.59 Å². The number of hydrogen-bond acceptors (Lipinski definition) is 3. The van der Waals surface area contributed by atoms with Crippen LogP contribution in [0, 0.1) is 11.7 Å². The van der Waals surface area contributed by atoms with Gasteiger partial charge in [-0.2, -0.15) is 0 Å². The molecule has 0 bridgehead atoms. The molecule has 1 saturated heterocycles. The van der Waals surface area contributed by atoms with Crippen molar-refractivity contribution in [3.8, 4) is 5.75 Å². The highest BCUT2D eigenvalue weighted by molar-refractivity contribution is 6.00. The first-order valence-electron chi connectivity index (χ1n) is 6.05. The Morgan fingerprint density at radius 2 is 2.32 bits per heavy atom. The van der Waals surface area contributed by atoms with Crippen molar-refractivity contribution in [3.63, 3.8) is 0 Å². The van der Waals surface area contributed by atoms with Crippen LogP contribution in [-0.4, -0.2) is 25.0 Å². The number of primary amides is 1. The van der Waals surface area contributed by atoms with E-state index in [9.17, 15) is 14.0 Å². The lowest BCUT2D eigenvalue weighted by atomic mass is 10.1. The Morgan fingerprint density at radius 3 is 2.84 bits per heavy atom. The van der Waals surface area contributed by atoms with E-state index in [0.29, 0.717) is 12.4 Å². The van der Waals surface area contributed by atoms with Crippen molar-refractivity contribution < 1.29 is 18.7 Å². The number of carbonyl (C=O) groups is 2. The third kappa shape index (κ3) is 2.67. The Kier molecular flexibility index (Phi) is 3.69. The molecule has 1 aromatic carbocycles. The van der Waals surface area contributed by atoms with Crippen molar-refractivity contribution in [1.82, 2.24) is 0 Å². The number of nitrogens with two attached hydrogens (primary N) is 1. The molecule has 0 aromatic heterocycles. The minimum absolute atomic E-state index is 0.0297. The van der Waals surface area contributed by atoms with Crippen LogP contribution < -0.4 is 15.4 Å². The third-order valence-electron chi connectivity index (χ3n) is 3.05. The number of amides is 2. The minimum Gasteiger partial charge on any atom is -0.494 e. The summed E-state index contributed by atoms with van der Waals surface area (Å²) in [6.07, 6.45) is 0.0297. The van der Waals surface area contributed by atoms with E-state index in [1.807, 2.05) is 0 Å². The van der Waals surface area contributed by atoms with Crippen LogP contribution in [0.5, 0.6) is 5.75 Å². The van der Waals surface area contributed by atoms with Crippen LogP contribution in [0.4, 0.5) is 10.1 Å². The molecule has 2 rings (SSSR count). The zero-order valence-corrected chi connectivity index (χ0v) is 10.6. The summed E-state index contributed by atoms with van der Waals surface area (Å²) in [6.45, 7) is 2.36. The third-order valence-corrected chi connectivity index (χ3v) is 3.05. The molecule has 102 valence electrons. The van der Waals surface area contributed by atoms with Gasteiger partial charge in [-0.3, -0.25) is 9.59 Å². The monoisotopic (exact) mass is 266 g/mol. The molecule has 0 radical (unpaired) electrons. The van der Waals surface area contributed by atoms with Gasteiger partial charge in [0.05, 0.1) is 18.2 Å². The molecule has 2 amide bonds. The van der Waals surface area contributed by atoms with E-state index >= 15 is 0 Å². The molecule has 1 aliphatic heterocycles. The maximum Gasteiger partial charge on any atom is 0.227 e. The number of halogens is 1. The molecule has 0 spiro atoms. The van der Waals surface area contributed by atoms with Gasteiger partial charge >= 0.3 is 0 Å². The normalized spacial score (nSPS) is 18.7. The summed E-state index contributed by atoms with van der Waals surface area (Å²) in [5.74, 6) is -1.54. The summed E-state index contributed by atoms with van der Waals surface area (Å²) in [7, 11) is 0. The Bertz CT molecular complexity index is 519. The second kappa shape index (κ2) is 5.26. The van der Waals surface area contributed by atoms with Crippen molar-refractivity contribution in [3.05, 3.63) is 24.0 Å². The fourth-order valence-corrected chi connectivity index (χ4v) is 2.09. The van der Waals surface area contributed by atoms with E-state index in [0.717, 1.165) is 0 Å². The number of anilines is 1. The predicted octanol–water partition coefficient (Wildman–Crippen LogP) is 1.06. The molecule has 1 aliphatic rings. The summed E-state index contributed by atoms with van der Waals surface area (Å²) in [4.78, 5) is 24.1. The highest BCUT2D eigenvalue weighted by Gasteiger charge is 2.35. The standard InChI is InChI=1S/C13H15FN2O3/c1-2-19-9-3-4-11(10(14)6-9)16-7-8(13(15)18)5-12(16)17/h3-4,6,8H,2,5,7H2,1H3,(H2,15,18). The number of benzene rings is 1. The van der Waals surface area contributed by atoms with Gasteiger partial charge in [0.25, 0.3) is 0 Å². The summed E-state index contributed by atoms with van der Waals surface area (Å²) in [5, 5.41) is 0. The molecule has 5 nitrogen and oxygen atoms in total. The van der Waals surface area contributed by atoms with Crippen LogP contribution in [0.15, 0.2) is 18.2 Å². The molecule has 1 fully saturated rings. The molecular weight excluding hydrogens is 251 g/mol. The topological polar surface area (TPSA) is 72.6 Å². The van der Waals surface area contributed by atoms with E-state index in [4.69, 9.17) is 10.5 Å². The van der Waals surface area contributed by atoms with Gasteiger partial charge in [0.2, 0.25) is 11.8 Å². The fraction of sp³-hybridized carbons (Fsp3) is 0.385. The first-order chi connectivity index (χ1) is 9.02. The number of carbonyl (C=O) groups excluding carboxylic acids is 2. The summed E-state index contributed by atoms with van der Waals surface area (Å²) in [5.41, 5.74) is 5.32. The van der Waals surface area contributed by atoms with Crippen LogP contribution in [0.25, 0.3) is 0 Å². The maximum absolute atomic E-state index is 13.9. The lowest BCUT2D eigenvalue weighted by Gasteiger charge is -2.17. The summed E-state index contributed by atoms with van der Waals surface area (Å²) in [6, 6.07) is 4.29. The van der Waals surface area contributed by atoms with Gasteiger partial charge in [-0.1, -0.05) is 0 Å². The van der Waals surface area contributed by atoms with E-state index in [-0.39, 0.29) is 24.6 Å². The van der Waals surface area contributed by atoms with Crippen LogP contribution in [0.1, 0.15) is 13.3 Å². The second-order valence-electron chi connectivity index (χ2n) is 4.35. The van der Waals surface area contributed by atoms with Crippen LogP contribution in [0.3, 0.4) is 0 Å². The Labute approximate surface area is 110 Å². The zero-order chi connectivity index (χ0) is 14.0. The average Bonchev–Trinajstić information content (AvgIpc) is 2.72.